The second-order valence-corrected chi connectivity index (χ2v) is 10.2. The number of hydrogen-bond donors (Lipinski definition) is 1. The zero-order valence-electron chi connectivity index (χ0n) is 22.1. The highest BCUT2D eigenvalue weighted by molar-refractivity contribution is 5.83. The molecule has 6 rings (SSSR count). The Labute approximate surface area is 225 Å². The van der Waals surface area contributed by atoms with Crippen LogP contribution in [0.1, 0.15) is 52.7 Å². The molecule has 4 aromatic heterocycles. The lowest BCUT2D eigenvalue weighted by molar-refractivity contribution is 0.0901. The Hall–Kier alpha value is -4.15. The van der Waals surface area contributed by atoms with E-state index in [4.69, 9.17) is 9.15 Å². The van der Waals surface area contributed by atoms with Crippen LogP contribution in [0.2, 0.25) is 0 Å². The predicted octanol–water partition coefficient (Wildman–Crippen LogP) is 4.09. The number of aryl methyl sites for hydroxylation is 2. The zero-order chi connectivity index (χ0) is 26.8. The number of fused-ring (bicyclic) bond motifs is 1. The molecule has 1 N–H and O–H groups in total. The molecule has 200 valence electrons. The van der Waals surface area contributed by atoms with Crippen molar-refractivity contribution in [2.24, 2.45) is 0 Å². The molecule has 2 atom stereocenters. The first-order chi connectivity index (χ1) is 19.0. The van der Waals surface area contributed by atoms with Crippen molar-refractivity contribution in [1.82, 2.24) is 35.1 Å². The second kappa shape index (κ2) is 10.9. The summed E-state index contributed by atoms with van der Waals surface area (Å²) >= 11 is 0. The monoisotopic (exact) mass is 525 g/mol. The van der Waals surface area contributed by atoms with Gasteiger partial charge in [0.05, 0.1) is 31.0 Å². The van der Waals surface area contributed by atoms with Crippen LogP contribution in [-0.4, -0.2) is 47.8 Å². The van der Waals surface area contributed by atoms with E-state index in [0.717, 1.165) is 52.8 Å². The Morgan fingerprint density at radius 1 is 1.18 bits per heavy atom. The summed E-state index contributed by atoms with van der Waals surface area (Å²) in [5.41, 5.74) is 4.36. The summed E-state index contributed by atoms with van der Waals surface area (Å²) in [4.78, 5) is 23.4. The third kappa shape index (κ3) is 5.39. The molecular weight excluding hydrogens is 494 g/mol. The van der Waals surface area contributed by atoms with Crippen molar-refractivity contribution in [2.75, 3.05) is 6.61 Å². The highest BCUT2D eigenvalue weighted by Gasteiger charge is 2.32. The summed E-state index contributed by atoms with van der Waals surface area (Å²) in [6.45, 7) is 6.25. The van der Waals surface area contributed by atoms with Crippen molar-refractivity contribution in [3.05, 3.63) is 105 Å². The summed E-state index contributed by atoms with van der Waals surface area (Å²) in [5, 5.41) is 13.8. The highest BCUT2D eigenvalue weighted by atomic mass is 16.5. The summed E-state index contributed by atoms with van der Waals surface area (Å²) in [7, 11) is 0. The van der Waals surface area contributed by atoms with E-state index in [2.05, 4.69) is 49.4 Å². The molecule has 0 amide bonds. The number of hydrogen-bond acceptors (Lipinski definition) is 8. The van der Waals surface area contributed by atoms with Crippen molar-refractivity contribution in [1.29, 1.82) is 0 Å². The van der Waals surface area contributed by atoms with Gasteiger partial charge in [-0.2, -0.15) is 0 Å². The fourth-order valence-electron chi connectivity index (χ4n) is 5.49. The van der Waals surface area contributed by atoms with Crippen molar-refractivity contribution in [2.45, 2.75) is 58.5 Å². The van der Waals surface area contributed by atoms with E-state index < -0.39 is 6.04 Å². The van der Waals surface area contributed by atoms with E-state index in [-0.39, 0.29) is 11.7 Å². The molecule has 0 unspecified atom stereocenters. The first-order valence-electron chi connectivity index (χ1n) is 13.2. The van der Waals surface area contributed by atoms with Crippen molar-refractivity contribution in [3.63, 3.8) is 0 Å². The number of aromatic nitrogens is 6. The number of ether oxygens (including phenoxy) is 1. The Morgan fingerprint density at radius 3 is 2.87 bits per heavy atom. The van der Waals surface area contributed by atoms with Crippen LogP contribution in [0.15, 0.2) is 70.3 Å². The van der Waals surface area contributed by atoms with Gasteiger partial charge in [-0.3, -0.25) is 14.7 Å². The summed E-state index contributed by atoms with van der Waals surface area (Å²) < 4.78 is 13.4. The van der Waals surface area contributed by atoms with E-state index in [1.54, 1.807) is 17.1 Å². The Balaban J connectivity index is 1.52. The van der Waals surface area contributed by atoms with Crippen LogP contribution >= 0.6 is 0 Å². The van der Waals surface area contributed by atoms with Gasteiger partial charge in [0.2, 0.25) is 0 Å². The van der Waals surface area contributed by atoms with E-state index >= 15 is 0 Å². The van der Waals surface area contributed by atoms with Crippen LogP contribution in [0.25, 0.3) is 10.9 Å². The smallest absolute Gasteiger partial charge is 0.253 e. The van der Waals surface area contributed by atoms with Crippen LogP contribution in [0.4, 0.5) is 0 Å². The summed E-state index contributed by atoms with van der Waals surface area (Å²) in [5.74, 6) is 1.35. The number of nitrogens with zero attached hydrogens (tertiary/aromatic N) is 6. The van der Waals surface area contributed by atoms with E-state index in [1.165, 1.54) is 0 Å². The molecular formula is C29H31N7O3. The van der Waals surface area contributed by atoms with Gasteiger partial charge in [-0.15, -0.1) is 5.10 Å². The minimum atomic E-state index is -0.569. The number of nitrogens with one attached hydrogen (secondary N) is 1. The molecule has 1 fully saturated rings. The molecule has 1 aliphatic rings. The minimum Gasteiger partial charge on any atom is -0.468 e. The lowest BCUT2D eigenvalue weighted by Crippen LogP contribution is -2.35. The number of H-pyrrole nitrogens is 1. The SMILES string of the molecule is Cc1cc(C)c2[nH]c(=O)c([C@@H](c3nnnn3C[C@@H]3CCCO3)N(Cc3cccnc3)Cc3ccco3)cc2c1. The van der Waals surface area contributed by atoms with Crippen molar-refractivity contribution in [3.8, 4) is 0 Å². The van der Waals surface area contributed by atoms with E-state index in [9.17, 15) is 4.79 Å². The molecule has 1 aliphatic heterocycles. The molecule has 0 aliphatic carbocycles. The van der Waals surface area contributed by atoms with Crippen molar-refractivity contribution < 1.29 is 9.15 Å². The van der Waals surface area contributed by atoms with Gasteiger partial charge in [-0.05, 0) is 84.0 Å². The summed E-state index contributed by atoms with van der Waals surface area (Å²) in [6, 6.07) is 13.3. The normalized spacial score (nSPS) is 16.3. The molecule has 1 aromatic carbocycles. The Kier molecular flexibility index (Phi) is 7.04. The third-order valence-electron chi connectivity index (χ3n) is 7.23. The number of benzene rings is 1. The largest absolute Gasteiger partial charge is 0.468 e. The molecule has 0 saturated carbocycles. The number of aromatic amines is 1. The van der Waals surface area contributed by atoms with Crippen LogP contribution < -0.4 is 5.56 Å². The van der Waals surface area contributed by atoms with E-state index in [1.807, 2.05) is 43.5 Å². The number of pyridine rings is 2. The molecule has 10 heteroatoms. The van der Waals surface area contributed by atoms with Gasteiger partial charge in [0, 0.05) is 31.1 Å². The van der Waals surface area contributed by atoms with Gasteiger partial charge >= 0.3 is 0 Å². The van der Waals surface area contributed by atoms with Crippen LogP contribution in [0.3, 0.4) is 0 Å². The number of rotatable bonds is 9. The fourth-order valence-corrected chi connectivity index (χ4v) is 5.49. The summed E-state index contributed by atoms with van der Waals surface area (Å²) in [6.07, 6.45) is 7.23. The quantitative estimate of drug-likeness (QED) is 0.306. The molecule has 0 radical (unpaired) electrons. The minimum absolute atomic E-state index is 0.0323. The predicted molar refractivity (Wildman–Crippen MR) is 145 cm³/mol. The van der Waals surface area contributed by atoms with Gasteiger partial charge in [0.25, 0.3) is 5.56 Å². The van der Waals surface area contributed by atoms with Gasteiger partial charge in [0.1, 0.15) is 11.8 Å². The lowest BCUT2D eigenvalue weighted by atomic mass is 10.00. The second-order valence-electron chi connectivity index (χ2n) is 10.2. The first-order valence-corrected chi connectivity index (χ1v) is 13.2. The van der Waals surface area contributed by atoms with Gasteiger partial charge in [-0.25, -0.2) is 4.68 Å². The van der Waals surface area contributed by atoms with Gasteiger partial charge in [0.15, 0.2) is 5.82 Å². The molecule has 0 spiro atoms. The van der Waals surface area contributed by atoms with Crippen LogP contribution in [-0.2, 0) is 24.4 Å². The fraction of sp³-hybridized carbons (Fsp3) is 0.345. The maximum absolute atomic E-state index is 13.8. The van der Waals surface area contributed by atoms with Crippen LogP contribution in [0, 0.1) is 13.8 Å². The van der Waals surface area contributed by atoms with E-state index in [0.29, 0.717) is 31.0 Å². The maximum Gasteiger partial charge on any atom is 0.253 e. The average Bonchev–Trinajstić information content (AvgIpc) is 3.71. The maximum atomic E-state index is 13.8. The Morgan fingerprint density at radius 2 is 2.10 bits per heavy atom. The molecule has 1 saturated heterocycles. The van der Waals surface area contributed by atoms with Gasteiger partial charge < -0.3 is 14.1 Å². The number of furan rings is 1. The Bertz CT molecular complexity index is 1610. The topological polar surface area (TPSA) is 115 Å². The van der Waals surface area contributed by atoms with Crippen molar-refractivity contribution >= 4 is 10.9 Å². The zero-order valence-corrected chi connectivity index (χ0v) is 22.1. The van der Waals surface area contributed by atoms with Crippen LogP contribution in [0.5, 0.6) is 0 Å². The third-order valence-corrected chi connectivity index (χ3v) is 7.23. The molecule has 0 bridgehead atoms. The first kappa shape index (κ1) is 25.1. The molecule has 39 heavy (non-hydrogen) atoms. The molecule has 5 heterocycles. The average molecular weight is 526 g/mol. The lowest BCUT2D eigenvalue weighted by Gasteiger charge is -2.30. The molecule has 5 aromatic rings. The standard InChI is InChI=1S/C29H31N7O3/c1-19-12-20(2)26-22(13-19)14-25(29(37)31-26)27(28-32-33-34-36(28)18-24-8-5-11-39-24)35(17-23-7-4-10-38-23)16-21-6-3-9-30-15-21/h3-4,6-7,9-10,12-15,24,27H,5,8,11,16-18H2,1-2H3,(H,31,37)/t24-,27-/m0/s1. The van der Waals surface area contributed by atoms with Gasteiger partial charge in [-0.1, -0.05) is 17.7 Å². The highest BCUT2D eigenvalue weighted by Crippen LogP contribution is 2.31. The molecule has 10 nitrogen and oxygen atoms in total. The number of tetrazole rings is 1.